The molecule has 1 aliphatic carbocycles. The van der Waals surface area contributed by atoms with Crippen LogP contribution in [-0.2, 0) is 0 Å². The van der Waals surface area contributed by atoms with Gasteiger partial charge in [-0.3, -0.25) is 0 Å². The van der Waals surface area contributed by atoms with E-state index in [0.29, 0.717) is 0 Å². The normalized spacial score (nSPS) is 23.4. The number of aliphatic hydroxyl groups excluding tert-OH is 1. The number of carbonyl (C=O) groups is 1. The number of urea groups is 1. The Balaban J connectivity index is 1.88. The van der Waals surface area contributed by atoms with Crippen LogP contribution in [0.3, 0.4) is 0 Å². The van der Waals surface area contributed by atoms with Gasteiger partial charge in [0.25, 0.3) is 0 Å². The first kappa shape index (κ1) is 13.6. The molecule has 0 aromatic heterocycles. The number of benzene rings is 1. The zero-order chi connectivity index (χ0) is 13.0. The first-order chi connectivity index (χ1) is 8.65. The van der Waals surface area contributed by atoms with Gasteiger partial charge >= 0.3 is 6.03 Å². The number of carbonyl (C=O) groups excluding carboxylic acids is 1. The number of aliphatic hydroxyl groups is 1. The highest BCUT2D eigenvalue weighted by atomic mass is 127. The molecular weight excluding hydrogens is 343 g/mol. The third-order valence-corrected chi connectivity index (χ3v) is 3.80. The SMILES string of the molecule is O=C(Nc1cccc(I)c1)NC1CCCCC1O. The monoisotopic (exact) mass is 360 g/mol. The van der Waals surface area contributed by atoms with Gasteiger partial charge in [0.05, 0.1) is 12.1 Å². The summed E-state index contributed by atoms with van der Waals surface area (Å²) in [6.45, 7) is 0. The van der Waals surface area contributed by atoms with Crippen molar-refractivity contribution in [3.05, 3.63) is 27.8 Å². The highest BCUT2D eigenvalue weighted by Crippen LogP contribution is 2.18. The molecule has 0 saturated heterocycles. The maximum absolute atomic E-state index is 11.8. The van der Waals surface area contributed by atoms with Crippen LogP contribution in [0.2, 0.25) is 0 Å². The second-order valence-electron chi connectivity index (χ2n) is 4.57. The van der Waals surface area contributed by atoms with E-state index in [2.05, 4.69) is 33.2 Å². The van der Waals surface area contributed by atoms with Gasteiger partial charge in [0, 0.05) is 9.26 Å². The molecule has 0 spiro atoms. The molecule has 98 valence electrons. The minimum Gasteiger partial charge on any atom is -0.391 e. The molecule has 1 saturated carbocycles. The average Bonchev–Trinajstić information content (AvgIpc) is 2.32. The van der Waals surface area contributed by atoms with Crippen LogP contribution >= 0.6 is 22.6 Å². The average molecular weight is 360 g/mol. The van der Waals surface area contributed by atoms with Crippen molar-refractivity contribution < 1.29 is 9.90 Å². The van der Waals surface area contributed by atoms with Crippen molar-refractivity contribution >= 4 is 34.3 Å². The van der Waals surface area contributed by atoms with Gasteiger partial charge in [0.2, 0.25) is 0 Å². The van der Waals surface area contributed by atoms with Crippen molar-refractivity contribution in [2.75, 3.05) is 5.32 Å². The van der Waals surface area contributed by atoms with Gasteiger partial charge in [-0.25, -0.2) is 4.79 Å². The number of amides is 2. The van der Waals surface area contributed by atoms with Crippen LogP contribution in [0.25, 0.3) is 0 Å². The van der Waals surface area contributed by atoms with E-state index in [1.165, 1.54) is 0 Å². The largest absolute Gasteiger partial charge is 0.391 e. The molecule has 2 atom stereocenters. The molecule has 0 bridgehead atoms. The first-order valence-corrected chi connectivity index (χ1v) is 7.24. The van der Waals surface area contributed by atoms with Crippen LogP contribution in [0.5, 0.6) is 0 Å². The molecule has 5 heteroatoms. The molecule has 1 aliphatic rings. The van der Waals surface area contributed by atoms with E-state index in [0.717, 1.165) is 34.9 Å². The fourth-order valence-corrected chi connectivity index (χ4v) is 2.72. The Morgan fingerprint density at radius 3 is 2.83 bits per heavy atom. The lowest BCUT2D eigenvalue weighted by molar-refractivity contribution is 0.0955. The highest BCUT2D eigenvalue weighted by molar-refractivity contribution is 14.1. The summed E-state index contributed by atoms with van der Waals surface area (Å²) in [5.74, 6) is 0. The molecular formula is C13H17IN2O2. The number of hydrogen-bond donors (Lipinski definition) is 3. The molecule has 2 amide bonds. The van der Waals surface area contributed by atoms with E-state index in [-0.39, 0.29) is 12.1 Å². The third kappa shape index (κ3) is 3.84. The lowest BCUT2D eigenvalue weighted by Crippen LogP contribution is -2.46. The van der Waals surface area contributed by atoms with Crippen molar-refractivity contribution in [2.24, 2.45) is 0 Å². The molecule has 2 rings (SSSR count). The van der Waals surface area contributed by atoms with Gasteiger partial charge in [-0.1, -0.05) is 18.9 Å². The van der Waals surface area contributed by atoms with Crippen molar-refractivity contribution in [1.29, 1.82) is 0 Å². The lowest BCUT2D eigenvalue weighted by atomic mass is 9.93. The molecule has 0 radical (unpaired) electrons. The third-order valence-electron chi connectivity index (χ3n) is 3.13. The van der Waals surface area contributed by atoms with Gasteiger partial charge in [-0.05, 0) is 53.6 Å². The number of halogens is 1. The number of rotatable bonds is 2. The predicted octanol–water partition coefficient (Wildman–Crippen LogP) is 2.72. The Bertz CT molecular complexity index is 425. The Morgan fingerprint density at radius 1 is 1.33 bits per heavy atom. The van der Waals surface area contributed by atoms with Crippen molar-refractivity contribution in [1.82, 2.24) is 5.32 Å². The maximum atomic E-state index is 11.8. The zero-order valence-corrected chi connectivity index (χ0v) is 12.2. The molecule has 0 aliphatic heterocycles. The number of hydrogen-bond acceptors (Lipinski definition) is 2. The summed E-state index contributed by atoms with van der Waals surface area (Å²) in [6, 6.07) is 7.24. The van der Waals surface area contributed by atoms with Gasteiger partial charge in [-0.15, -0.1) is 0 Å². The van der Waals surface area contributed by atoms with E-state index in [4.69, 9.17) is 0 Å². The van der Waals surface area contributed by atoms with Crippen LogP contribution in [-0.4, -0.2) is 23.3 Å². The van der Waals surface area contributed by atoms with E-state index < -0.39 is 6.10 Å². The van der Waals surface area contributed by atoms with Gasteiger partial charge in [0.15, 0.2) is 0 Å². The fraction of sp³-hybridized carbons (Fsp3) is 0.462. The smallest absolute Gasteiger partial charge is 0.319 e. The minimum absolute atomic E-state index is 0.124. The van der Waals surface area contributed by atoms with Crippen LogP contribution in [0.4, 0.5) is 10.5 Å². The minimum atomic E-state index is -0.416. The predicted molar refractivity (Wildman–Crippen MR) is 79.6 cm³/mol. The van der Waals surface area contributed by atoms with Gasteiger partial charge < -0.3 is 15.7 Å². The van der Waals surface area contributed by atoms with Crippen molar-refractivity contribution in [3.63, 3.8) is 0 Å². The van der Waals surface area contributed by atoms with Crippen molar-refractivity contribution in [3.8, 4) is 0 Å². The topological polar surface area (TPSA) is 61.4 Å². The molecule has 1 aromatic rings. The lowest BCUT2D eigenvalue weighted by Gasteiger charge is -2.28. The van der Waals surface area contributed by atoms with E-state index in [1.54, 1.807) is 0 Å². The van der Waals surface area contributed by atoms with Crippen molar-refractivity contribution in [2.45, 2.75) is 37.8 Å². The van der Waals surface area contributed by atoms with Gasteiger partial charge in [-0.2, -0.15) is 0 Å². The molecule has 3 N–H and O–H groups in total. The highest BCUT2D eigenvalue weighted by Gasteiger charge is 2.24. The zero-order valence-electron chi connectivity index (χ0n) is 10.0. The summed E-state index contributed by atoms with van der Waals surface area (Å²) in [7, 11) is 0. The van der Waals surface area contributed by atoms with E-state index in [1.807, 2.05) is 24.3 Å². The summed E-state index contributed by atoms with van der Waals surface area (Å²) in [4.78, 5) is 11.8. The summed E-state index contributed by atoms with van der Waals surface area (Å²) in [6.07, 6.45) is 3.30. The summed E-state index contributed by atoms with van der Waals surface area (Å²) < 4.78 is 1.07. The van der Waals surface area contributed by atoms with Crippen LogP contribution < -0.4 is 10.6 Å². The van der Waals surface area contributed by atoms with E-state index in [9.17, 15) is 9.90 Å². The molecule has 1 fully saturated rings. The molecule has 18 heavy (non-hydrogen) atoms. The molecule has 4 nitrogen and oxygen atoms in total. The molecule has 1 aromatic carbocycles. The number of nitrogens with one attached hydrogen (secondary N) is 2. The summed E-state index contributed by atoms with van der Waals surface area (Å²) >= 11 is 2.20. The Morgan fingerprint density at radius 2 is 2.11 bits per heavy atom. The Labute approximate surface area is 120 Å². The quantitative estimate of drug-likeness (QED) is 0.711. The number of anilines is 1. The van der Waals surface area contributed by atoms with Crippen LogP contribution in [0, 0.1) is 3.57 Å². The molecule has 2 unspecified atom stereocenters. The molecule has 0 heterocycles. The fourth-order valence-electron chi connectivity index (χ4n) is 2.18. The van der Waals surface area contributed by atoms with Crippen LogP contribution in [0.15, 0.2) is 24.3 Å². The Kier molecular flexibility index (Phi) is 4.82. The van der Waals surface area contributed by atoms with E-state index >= 15 is 0 Å². The standard InChI is InChI=1S/C13H17IN2O2/c14-9-4-3-5-10(8-9)15-13(18)16-11-6-1-2-7-12(11)17/h3-5,8,11-12,17H,1-2,6-7H2,(H2,15,16,18). The maximum Gasteiger partial charge on any atom is 0.319 e. The first-order valence-electron chi connectivity index (χ1n) is 6.16. The summed E-state index contributed by atoms with van der Waals surface area (Å²) in [5.41, 5.74) is 0.768. The Hall–Kier alpha value is -0.820. The summed E-state index contributed by atoms with van der Waals surface area (Å²) in [5, 5.41) is 15.4. The second-order valence-corrected chi connectivity index (χ2v) is 5.81. The van der Waals surface area contributed by atoms with Crippen LogP contribution in [0.1, 0.15) is 25.7 Å². The van der Waals surface area contributed by atoms with Gasteiger partial charge in [0.1, 0.15) is 0 Å². The second kappa shape index (κ2) is 6.38.